The van der Waals surface area contributed by atoms with Crippen LogP contribution < -0.4 is 16.8 Å². The van der Waals surface area contributed by atoms with E-state index >= 15 is 0 Å². The van der Waals surface area contributed by atoms with Crippen molar-refractivity contribution < 1.29 is 0 Å². The number of benzene rings is 2. The van der Waals surface area contributed by atoms with E-state index in [0.29, 0.717) is 11.4 Å². The van der Waals surface area contributed by atoms with Gasteiger partial charge in [0, 0.05) is 16.3 Å². The van der Waals surface area contributed by atoms with Crippen LogP contribution in [0.3, 0.4) is 0 Å². The Labute approximate surface area is 105 Å². The van der Waals surface area contributed by atoms with Gasteiger partial charge in [0.1, 0.15) is 0 Å². The summed E-state index contributed by atoms with van der Waals surface area (Å²) in [4.78, 5) is 1.22. The number of hydrogen-bond donors (Lipinski definition) is 3. The number of nitrogen functional groups attached to an aromatic ring is 2. The second-order valence-corrected chi connectivity index (χ2v) is 4.58. The van der Waals surface area contributed by atoms with Gasteiger partial charge in [-0.1, -0.05) is 6.07 Å². The lowest BCUT2D eigenvalue weighted by Crippen LogP contribution is -1.96. The molecular weight excluding hydrogens is 230 g/mol. The van der Waals surface area contributed by atoms with E-state index in [1.54, 1.807) is 17.8 Å². The first kappa shape index (κ1) is 11.7. The number of thioether (sulfide) groups is 1. The summed E-state index contributed by atoms with van der Waals surface area (Å²) in [5.74, 6) is 0. The standard InChI is InChI=1S/C13H15N3S/c1-17-11-4-2-3-9(7-11)16-10-5-6-12(14)13(15)8-10/h2-8,16H,14-15H2,1H3. The van der Waals surface area contributed by atoms with Crippen molar-refractivity contribution in [3.8, 4) is 0 Å². The van der Waals surface area contributed by atoms with Gasteiger partial charge in [-0.2, -0.15) is 0 Å². The van der Waals surface area contributed by atoms with Crippen LogP contribution in [0.4, 0.5) is 22.7 Å². The molecule has 0 saturated heterocycles. The van der Waals surface area contributed by atoms with Crippen LogP contribution in [0.5, 0.6) is 0 Å². The summed E-state index contributed by atoms with van der Waals surface area (Å²) in [6.07, 6.45) is 2.06. The Bertz CT molecular complexity index is 526. The Morgan fingerprint density at radius 3 is 2.41 bits per heavy atom. The predicted molar refractivity (Wildman–Crippen MR) is 76.8 cm³/mol. The highest BCUT2D eigenvalue weighted by atomic mass is 32.2. The van der Waals surface area contributed by atoms with Gasteiger partial charge in [0.2, 0.25) is 0 Å². The summed E-state index contributed by atoms with van der Waals surface area (Å²) in [6.45, 7) is 0. The van der Waals surface area contributed by atoms with Crippen LogP contribution in [0.2, 0.25) is 0 Å². The van der Waals surface area contributed by atoms with Crippen molar-refractivity contribution in [2.75, 3.05) is 23.0 Å². The first-order chi connectivity index (χ1) is 8.19. The molecule has 17 heavy (non-hydrogen) atoms. The van der Waals surface area contributed by atoms with Crippen LogP contribution >= 0.6 is 11.8 Å². The molecule has 0 atom stereocenters. The molecule has 0 aliphatic rings. The molecule has 0 spiro atoms. The molecule has 0 saturated carbocycles. The van der Waals surface area contributed by atoms with Gasteiger partial charge >= 0.3 is 0 Å². The van der Waals surface area contributed by atoms with E-state index in [-0.39, 0.29) is 0 Å². The minimum absolute atomic E-state index is 0.594. The lowest BCUT2D eigenvalue weighted by molar-refractivity contribution is 1.44. The zero-order valence-corrected chi connectivity index (χ0v) is 10.4. The Morgan fingerprint density at radius 2 is 1.71 bits per heavy atom. The highest BCUT2D eigenvalue weighted by molar-refractivity contribution is 7.98. The highest BCUT2D eigenvalue weighted by Gasteiger charge is 1.99. The number of hydrogen-bond acceptors (Lipinski definition) is 4. The molecule has 88 valence electrons. The quantitative estimate of drug-likeness (QED) is 0.573. The van der Waals surface area contributed by atoms with E-state index in [9.17, 15) is 0 Å². The molecule has 0 heterocycles. The maximum absolute atomic E-state index is 5.76. The predicted octanol–water partition coefficient (Wildman–Crippen LogP) is 3.32. The molecular formula is C13H15N3S. The topological polar surface area (TPSA) is 64.1 Å². The smallest absolute Gasteiger partial charge is 0.0568 e. The maximum Gasteiger partial charge on any atom is 0.0568 e. The minimum Gasteiger partial charge on any atom is -0.397 e. The van der Waals surface area contributed by atoms with Gasteiger partial charge in [-0.05, 0) is 42.7 Å². The van der Waals surface area contributed by atoms with Crippen molar-refractivity contribution in [3.63, 3.8) is 0 Å². The van der Waals surface area contributed by atoms with Gasteiger partial charge in [0.05, 0.1) is 11.4 Å². The SMILES string of the molecule is CSc1cccc(Nc2ccc(N)c(N)c2)c1. The van der Waals surface area contributed by atoms with Crippen LogP contribution in [0.15, 0.2) is 47.4 Å². The molecule has 2 aromatic rings. The van der Waals surface area contributed by atoms with Crippen molar-refractivity contribution in [1.29, 1.82) is 0 Å². The van der Waals surface area contributed by atoms with Crippen molar-refractivity contribution >= 4 is 34.5 Å². The number of anilines is 4. The molecule has 0 aliphatic heterocycles. The molecule has 5 N–H and O–H groups in total. The molecule has 3 nitrogen and oxygen atoms in total. The third-order valence-electron chi connectivity index (χ3n) is 2.45. The average Bonchev–Trinajstić information content (AvgIpc) is 2.34. The van der Waals surface area contributed by atoms with Gasteiger partial charge in [0.25, 0.3) is 0 Å². The first-order valence-electron chi connectivity index (χ1n) is 5.25. The Morgan fingerprint density at radius 1 is 0.941 bits per heavy atom. The van der Waals surface area contributed by atoms with Crippen molar-refractivity contribution in [1.82, 2.24) is 0 Å². The molecule has 4 heteroatoms. The van der Waals surface area contributed by atoms with E-state index in [0.717, 1.165) is 11.4 Å². The minimum atomic E-state index is 0.594. The van der Waals surface area contributed by atoms with Crippen LogP contribution in [0, 0.1) is 0 Å². The monoisotopic (exact) mass is 245 g/mol. The summed E-state index contributed by atoms with van der Waals surface area (Å²) >= 11 is 1.71. The molecule has 2 aromatic carbocycles. The van der Waals surface area contributed by atoms with Gasteiger partial charge in [-0.3, -0.25) is 0 Å². The number of nitrogens with two attached hydrogens (primary N) is 2. The third kappa shape index (κ3) is 2.85. The van der Waals surface area contributed by atoms with Crippen LogP contribution in [0.25, 0.3) is 0 Å². The fourth-order valence-corrected chi connectivity index (χ4v) is 1.98. The fraction of sp³-hybridized carbons (Fsp3) is 0.0769. The van der Waals surface area contributed by atoms with Crippen molar-refractivity contribution in [3.05, 3.63) is 42.5 Å². The van der Waals surface area contributed by atoms with E-state index in [1.165, 1.54) is 4.90 Å². The zero-order valence-electron chi connectivity index (χ0n) is 9.60. The van der Waals surface area contributed by atoms with Crippen molar-refractivity contribution in [2.45, 2.75) is 4.90 Å². The summed E-state index contributed by atoms with van der Waals surface area (Å²) in [7, 11) is 0. The van der Waals surface area contributed by atoms with Gasteiger partial charge < -0.3 is 16.8 Å². The summed E-state index contributed by atoms with van der Waals surface area (Å²) in [5, 5.41) is 3.30. The molecule has 0 aliphatic carbocycles. The molecule has 2 rings (SSSR count). The van der Waals surface area contributed by atoms with Crippen LogP contribution in [-0.2, 0) is 0 Å². The lowest BCUT2D eigenvalue weighted by atomic mass is 10.2. The first-order valence-corrected chi connectivity index (χ1v) is 6.47. The van der Waals surface area contributed by atoms with E-state index < -0.39 is 0 Å². The summed E-state index contributed by atoms with van der Waals surface area (Å²) in [6, 6.07) is 13.8. The summed E-state index contributed by atoms with van der Waals surface area (Å²) < 4.78 is 0. The molecule has 0 bridgehead atoms. The van der Waals surface area contributed by atoms with Crippen LogP contribution in [-0.4, -0.2) is 6.26 Å². The van der Waals surface area contributed by atoms with E-state index in [2.05, 4.69) is 23.7 Å². The Balaban J connectivity index is 2.22. The Kier molecular flexibility index (Phi) is 3.44. The molecule has 0 aromatic heterocycles. The number of rotatable bonds is 3. The van der Waals surface area contributed by atoms with Gasteiger partial charge in [-0.15, -0.1) is 11.8 Å². The lowest BCUT2D eigenvalue weighted by Gasteiger charge is -2.09. The largest absolute Gasteiger partial charge is 0.397 e. The second-order valence-electron chi connectivity index (χ2n) is 3.70. The van der Waals surface area contributed by atoms with E-state index in [1.807, 2.05) is 24.3 Å². The van der Waals surface area contributed by atoms with Crippen LogP contribution in [0.1, 0.15) is 0 Å². The summed E-state index contributed by atoms with van der Waals surface area (Å²) in [5.41, 5.74) is 14.6. The zero-order chi connectivity index (χ0) is 12.3. The van der Waals surface area contributed by atoms with Crippen molar-refractivity contribution in [2.24, 2.45) is 0 Å². The Hall–Kier alpha value is -1.81. The molecule has 0 radical (unpaired) electrons. The fourth-order valence-electron chi connectivity index (χ4n) is 1.52. The number of nitrogens with one attached hydrogen (secondary N) is 1. The van der Waals surface area contributed by atoms with Gasteiger partial charge in [0.15, 0.2) is 0 Å². The average molecular weight is 245 g/mol. The van der Waals surface area contributed by atoms with E-state index in [4.69, 9.17) is 11.5 Å². The molecule has 0 unspecified atom stereocenters. The normalized spacial score (nSPS) is 10.2. The highest BCUT2D eigenvalue weighted by Crippen LogP contribution is 2.25. The van der Waals surface area contributed by atoms with Gasteiger partial charge in [-0.25, -0.2) is 0 Å². The maximum atomic E-state index is 5.76. The second kappa shape index (κ2) is 5.01. The molecule has 0 fully saturated rings. The third-order valence-corrected chi connectivity index (χ3v) is 3.17. The molecule has 0 amide bonds.